The van der Waals surface area contributed by atoms with Crippen molar-refractivity contribution in [3.05, 3.63) is 35.1 Å². The standard InChI is InChI=1S/C14H16FNO5/c1-8-7-9(3-4-10(8)15)13(18)16-11(14(19)20)5-6-12(17)21-2/h3-4,7,11H,5-6H2,1-2H3,(H,16,18)(H,19,20)/t11-/m1/s1. The van der Waals surface area contributed by atoms with Crippen LogP contribution in [-0.2, 0) is 14.3 Å². The zero-order chi connectivity index (χ0) is 16.0. The number of aliphatic carboxylic acids is 1. The molecule has 0 aliphatic carbocycles. The first-order valence-electron chi connectivity index (χ1n) is 6.21. The van der Waals surface area contributed by atoms with E-state index in [1.165, 1.54) is 26.2 Å². The lowest BCUT2D eigenvalue weighted by molar-refractivity contribution is -0.142. The zero-order valence-electron chi connectivity index (χ0n) is 11.7. The van der Waals surface area contributed by atoms with E-state index in [9.17, 15) is 18.8 Å². The summed E-state index contributed by atoms with van der Waals surface area (Å²) in [5.41, 5.74) is 0.433. The first kappa shape index (κ1) is 16.6. The Morgan fingerprint density at radius 3 is 2.57 bits per heavy atom. The van der Waals surface area contributed by atoms with Crippen molar-refractivity contribution in [1.29, 1.82) is 0 Å². The highest BCUT2D eigenvalue weighted by Gasteiger charge is 2.22. The molecule has 0 aliphatic heterocycles. The van der Waals surface area contributed by atoms with Gasteiger partial charge in [0.1, 0.15) is 11.9 Å². The van der Waals surface area contributed by atoms with Gasteiger partial charge < -0.3 is 15.2 Å². The van der Waals surface area contributed by atoms with Gasteiger partial charge in [0, 0.05) is 12.0 Å². The number of carboxylic acids is 1. The van der Waals surface area contributed by atoms with E-state index in [-0.39, 0.29) is 24.0 Å². The lowest BCUT2D eigenvalue weighted by Crippen LogP contribution is -2.41. The number of carbonyl (C=O) groups excluding carboxylic acids is 2. The number of aryl methyl sites for hydroxylation is 1. The minimum Gasteiger partial charge on any atom is -0.480 e. The van der Waals surface area contributed by atoms with Crippen LogP contribution in [0.3, 0.4) is 0 Å². The van der Waals surface area contributed by atoms with E-state index in [4.69, 9.17) is 5.11 Å². The highest BCUT2D eigenvalue weighted by atomic mass is 19.1. The zero-order valence-corrected chi connectivity index (χ0v) is 11.7. The van der Waals surface area contributed by atoms with Crippen molar-refractivity contribution in [1.82, 2.24) is 5.32 Å². The summed E-state index contributed by atoms with van der Waals surface area (Å²) >= 11 is 0. The summed E-state index contributed by atoms with van der Waals surface area (Å²) in [5.74, 6) is -2.92. The van der Waals surface area contributed by atoms with Crippen LogP contribution in [0.1, 0.15) is 28.8 Å². The Hall–Kier alpha value is -2.44. The second-order valence-electron chi connectivity index (χ2n) is 4.44. The first-order chi connectivity index (χ1) is 9.85. The summed E-state index contributed by atoms with van der Waals surface area (Å²) in [6.45, 7) is 1.50. The minimum atomic E-state index is -1.26. The van der Waals surface area contributed by atoms with Crippen LogP contribution in [0.2, 0.25) is 0 Å². The van der Waals surface area contributed by atoms with Gasteiger partial charge in [-0.1, -0.05) is 0 Å². The van der Waals surface area contributed by atoms with Crippen LogP contribution in [0.5, 0.6) is 0 Å². The maximum absolute atomic E-state index is 13.1. The van der Waals surface area contributed by atoms with E-state index in [1.54, 1.807) is 0 Å². The van der Waals surface area contributed by atoms with Crippen LogP contribution in [-0.4, -0.2) is 36.1 Å². The lowest BCUT2D eigenvalue weighted by atomic mass is 10.1. The number of carboxylic acid groups (broad SMARTS) is 1. The Labute approximate surface area is 120 Å². The molecule has 0 saturated heterocycles. The first-order valence-corrected chi connectivity index (χ1v) is 6.21. The van der Waals surface area contributed by atoms with E-state index in [0.29, 0.717) is 0 Å². The molecule has 0 radical (unpaired) electrons. The quantitative estimate of drug-likeness (QED) is 0.771. The lowest BCUT2D eigenvalue weighted by Gasteiger charge is -2.14. The molecule has 0 fully saturated rings. The van der Waals surface area contributed by atoms with Crippen LogP contribution >= 0.6 is 0 Å². The predicted molar refractivity (Wildman–Crippen MR) is 71.3 cm³/mol. The van der Waals surface area contributed by atoms with Gasteiger partial charge >= 0.3 is 11.9 Å². The summed E-state index contributed by atoms with van der Waals surface area (Å²) in [5, 5.41) is 11.3. The summed E-state index contributed by atoms with van der Waals surface area (Å²) in [4.78, 5) is 34.0. The third-order valence-corrected chi connectivity index (χ3v) is 2.89. The van der Waals surface area contributed by atoms with Crippen molar-refractivity contribution in [2.45, 2.75) is 25.8 Å². The van der Waals surface area contributed by atoms with Crippen LogP contribution in [0.4, 0.5) is 4.39 Å². The van der Waals surface area contributed by atoms with E-state index >= 15 is 0 Å². The number of amides is 1. The molecule has 0 heterocycles. The fraction of sp³-hybridized carbons (Fsp3) is 0.357. The number of hydrogen-bond donors (Lipinski definition) is 2. The van der Waals surface area contributed by atoms with Crippen molar-refractivity contribution >= 4 is 17.8 Å². The van der Waals surface area contributed by atoms with E-state index in [0.717, 1.165) is 6.07 Å². The van der Waals surface area contributed by atoms with E-state index < -0.39 is 29.7 Å². The van der Waals surface area contributed by atoms with Crippen molar-refractivity contribution in [3.8, 4) is 0 Å². The molecule has 0 unspecified atom stereocenters. The summed E-state index contributed by atoms with van der Waals surface area (Å²) in [7, 11) is 1.19. The van der Waals surface area contributed by atoms with E-state index in [2.05, 4.69) is 10.1 Å². The minimum absolute atomic E-state index is 0.0894. The van der Waals surface area contributed by atoms with Gasteiger partial charge in [0.25, 0.3) is 5.91 Å². The fourth-order valence-corrected chi connectivity index (χ4v) is 1.65. The van der Waals surface area contributed by atoms with Gasteiger partial charge in [0.15, 0.2) is 0 Å². The Morgan fingerprint density at radius 1 is 1.38 bits per heavy atom. The average molecular weight is 297 g/mol. The fourth-order valence-electron chi connectivity index (χ4n) is 1.65. The molecule has 0 aromatic heterocycles. The highest BCUT2D eigenvalue weighted by molar-refractivity contribution is 5.96. The molecule has 21 heavy (non-hydrogen) atoms. The number of esters is 1. The number of rotatable bonds is 6. The summed E-state index contributed by atoms with van der Waals surface area (Å²) < 4.78 is 17.5. The van der Waals surface area contributed by atoms with Gasteiger partial charge in [-0.15, -0.1) is 0 Å². The van der Waals surface area contributed by atoms with Gasteiger partial charge in [-0.3, -0.25) is 9.59 Å². The molecule has 0 aliphatic rings. The van der Waals surface area contributed by atoms with Crippen molar-refractivity contribution < 1.29 is 28.6 Å². The molecule has 2 N–H and O–H groups in total. The molecule has 114 valence electrons. The molecule has 1 amide bonds. The Kier molecular flexibility index (Phi) is 5.83. The molecule has 0 saturated carbocycles. The number of nitrogens with one attached hydrogen (secondary N) is 1. The van der Waals surface area contributed by atoms with Crippen molar-refractivity contribution in [2.24, 2.45) is 0 Å². The average Bonchev–Trinajstić information content (AvgIpc) is 2.45. The van der Waals surface area contributed by atoms with Crippen LogP contribution < -0.4 is 5.32 Å². The van der Waals surface area contributed by atoms with Gasteiger partial charge in [-0.05, 0) is 37.1 Å². The molecule has 1 aromatic carbocycles. The van der Waals surface area contributed by atoms with Crippen molar-refractivity contribution in [3.63, 3.8) is 0 Å². The molecular formula is C14H16FNO5. The topological polar surface area (TPSA) is 92.7 Å². The Bertz CT molecular complexity index is 558. The largest absolute Gasteiger partial charge is 0.480 e. The van der Waals surface area contributed by atoms with E-state index in [1.807, 2.05) is 0 Å². The number of halogens is 1. The second kappa shape index (κ2) is 7.37. The maximum atomic E-state index is 13.1. The molecular weight excluding hydrogens is 281 g/mol. The smallest absolute Gasteiger partial charge is 0.326 e. The number of ether oxygens (including phenoxy) is 1. The number of carbonyl (C=O) groups is 3. The van der Waals surface area contributed by atoms with Crippen LogP contribution in [0.25, 0.3) is 0 Å². The second-order valence-corrected chi connectivity index (χ2v) is 4.44. The molecule has 0 bridgehead atoms. The molecule has 1 atom stereocenters. The van der Waals surface area contributed by atoms with Crippen LogP contribution in [0, 0.1) is 12.7 Å². The van der Waals surface area contributed by atoms with Crippen molar-refractivity contribution in [2.75, 3.05) is 7.11 Å². The molecule has 6 nitrogen and oxygen atoms in total. The molecule has 1 rings (SSSR count). The normalized spacial score (nSPS) is 11.6. The molecule has 1 aromatic rings. The third-order valence-electron chi connectivity index (χ3n) is 2.89. The van der Waals surface area contributed by atoms with Gasteiger partial charge in [-0.25, -0.2) is 9.18 Å². The predicted octanol–water partition coefficient (Wildman–Crippen LogP) is 1.27. The molecule has 0 spiro atoms. The number of benzene rings is 1. The SMILES string of the molecule is COC(=O)CC[C@@H](NC(=O)c1ccc(F)c(C)c1)C(=O)O. The maximum Gasteiger partial charge on any atom is 0.326 e. The summed E-state index contributed by atoms with van der Waals surface area (Å²) in [6, 6.07) is 2.50. The highest BCUT2D eigenvalue weighted by Crippen LogP contribution is 2.10. The van der Waals surface area contributed by atoms with Crippen LogP contribution in [0.15, 0.2) is 18.2 Å². The summed E-state index contributed by atoms with van der Waals surface area (Å²) in [6.07, 6.45) is -0.218. The number of hydrogen-bond acceptors (Lipinski definition) is 4. The Balaban J connectivity index is 2.74. The van der Waals surface area contributed by atoms with Gasteiger partial charge in [0.05, 0.1) is 7.11 Å². The molecule has 7 heteroatoms. The number of methoxy groups -OCH3 is 1. The third kappa shape index (κ3) is 4.87. The van der Waals surface area contributed by atoms with Gasteiger partial charge in [-0.2, -0.15) is 0 Å². The van der Waals surface area contributed by atoms with Gasteiger partial charge in [0.2, 0.25) is 0 Å². The monoisotopic (exact) mass is 297 g/mol. The Morgan fingerprint density at radius 2 is 2.05 bits per heavy atom.